The molecule has 0 bridgehead atoms. The summed E-state index contributed by atoms with van der Waals surface area (Å²) in [6.45, 7) is 6.19. The third kappa shape index (κ3) is 4.27. The fourth-order valence-electron chi connectivity index (χ4n) is 2.98. The van der Waals surface area contributed by atoms with Crippen LogP contribution in [0.3, 0.4) is 0 Å². The zero-order chi connectivity index (χ0) is 19.8. The molecular weight excluding hydrogens is 351 g/mol. The van der Waals surface area contributed by atoms with E-state index in [0.29, 0.717) is 24.2 Å². The first-order chi connectivity index (χ1) is 12.6. The average Bonchev–Trinajstić information content (AvgIpc) is 2.92. The van der Waals surface area contributed by atoms with Gasteiger partial charge in [-0.15, -0.1) is 0 Å². The highest BCUT2D eigenvalue weighted by molar-refractivity contribution is 6.04. The molecule has 1 N–H and O–H groups in total. The minimum atomic E-state index is -0.588. The van der Waals surface area contributed by atoms with Crippen LogP contribution in [0.25, 0.3) is 0 Å². The Kier molecular flexibility index (Phi) is 4.91. The lowest BCUT2D eigenvalue weighted by Gasteiger charge is -2.30. The highest BCUT2D eigenvalue weighted by Gasteiger charge is 2.31. The van der Waals surface area contributed by atoms with Gasteiger partial charge in [-0.1, -0.05) is 0 Å². The molecule has 1 aromatic carbocycles. The van der Waals surface area contributed by atoms with Gasteiger partial charge in [0.05, 0.1) is 6.54 Å². The van der Waals surface area contributed by atoms with Gasteiger partial charge in [-0.05, 0) is 45.0 Å². The molecule has 0 fully saturated rings. The van der Waals surface area contributed by atoms with Gasteiger partial charge in [-0.25, -0.2) is 9.18 Å². The van der Waals surface area contributed by atoms with Gasteiger partial charge in [0.25, 0.3) is 5.91 Å². The molecule has 8 heteroatoms. The fourth-order valence-corrected chi connectivity index (χ4v) is 2.98. The molecule has 2 heterocycles. The van der Waals surface area contributed by atoms with Crippen molar-refractivity contribution in [3.63, 3.8) is 0 Å². The van der Waals surface area contributed by atoms with Gasteiger partial charge in [-0.2, -0.15) is 5.10 Å². The van der Waals surface area contributed by atoms with Crippen molar-refractivity contribution in [2.75, 3.05) is 11.9 Å². The topological polar surface area (TPSA) is 76.5 Å². The van der Waals surface area contributed by atoms with E-state index in [9.17, 15) is 14.0 Å². The molecule has 7 nitrogen and oxygen atoms in total. The van der Waals surface area contributed by atoms with Crippen LogP contribution in [0.5, 0.6) is 0 Å². The summed E-state index contributed by atoms with van der Waals surface area (Å²) in [6, 6.07) is 5.51. The van der Waals surface area contributed by atoms with Crippen molar-refractivity contribution in [3.8, 4) is 0 Å². The molecule has 1 aliphatic rings. The number of hydrogen-bond acceptors (Lipinski definition) is 4. The summed E-state index contributed by atoms with van der Waals surface area (Å²) < 4.78 is 20.1. The van der Waals surface area contributed by atoms with Gasteiger partial charge in [0.2, 0.25) is 0 Å². The lowest BCUT2D eigenvalue weighted by molar-refractivity contribution is 0.0222. The number of carbonyl (C=O) groups is 2. The molecule has 1 aromatic heterocycles. The van der Waals surface area contributed by atoms with E-state index in [4.69, 9.17) is 4.74 Å². The van der Waals surface area contributed by atoms with E-state index in [1.807, 2.05) is 20.8 Å². The maximum atomic E-state index is 13.0. The number of rotatable bonds is 2. The number of aryl methyl sites for hydroxylation is 1. The molecule has 0 saturated heterocycles. The van der Waals surface area contributed by atoms with Gasteiger partial charge in [0.1, 0.15) is 11.4 Å². The van der Waals surface area contributed by atoms with E-state index in [0.717, 1.165) is 5.69 Å². The minimum Gasteiger partial charge on any atom is -0.444 e. The molecule has 0 atom stereocenters. The zero-order valence-corrected chi connectivity index (χ0v) is 15.9. The van der Waals surface area contributed by atoms with E-state index in [1.54, 1.807) is 16.6 Å². The van der Waals surface area contributed by atoms with Crippen molar-refractivity contribution in [2.24, 2.45) is 7.05 Å². The number of hydrogen-bond donors (Lipinski definition) is 1. The lowest BCUT2D eigenvalue weighted by Crippen LogP contribution is -2.40. The van der Waals surface area contributed by atoms with Gasteiger partial charge in [0.15, 0.2) is 5.69 Å². The number of halogens is 1. The van der Waals surface area contributed by atoms with Crippen LogP contribution < -0.4 is 5.32 Å². The molecule has 144 valence electrons. The Hall–Kier alpha value is -2.90. The van der Waals surface area contributed by atoms with Crippen LogP contribution in [0.4, 0.5) is 14.9 Å². The predicted molar refractivity (Wildman–Crippen MR) is 97.9 cm³/mol. The van der Waals surface area contributed by atoms with Crippen LogP contribution in [0.15, 0.2) is 24.3 Å². The average molecular weight is 374 g/mol. The maximum absolute atomic E-state index is 13.0. The first-order valence-electron chi connectivity index (χ1n) is 8.73. The summed E-state index contributed by atoms with van der Waals surface area (Å²) >= 11 is 0. The summed E-state index contributed by atoms with van der Waals surface area (Å²) in [5, 5.41) is 7.04. The first kappa shape index (κ1) is 18.9. The van der Waals surface area contributed by atoms with Crippen molar-refractivity contribution in [3.05, 3.63) is 47.0 Å². The Labute approximate surface area is 157 Å². The van der Waals surface area contributed by atoms with Gasteiger partial charge < -0.3 is 15.0 Å². The summed E-state index contributed by atoms with van der Waals surface area (Å²) in [5.41, 5.74) is 1.76. The summed E-state index contributed by atoms with van der Waals surface area (Å²) in [5.74, 6) is -0.777. The third-order valence-electron chi connectivity index (χ3n) is 4.21. The molecule has 27 heavy (non-hydrogen) atoms. The Morgan fingerprint density at radius 2 is 1.89 bits per heavy atom. The summed E-state index contributed by atoms with van der Waals surface area (Å²) in [6.07, 6.45) is 0.170. The van der Waals surface area contributed by atoms with E-state index in [2.05, 4.69) is 10.4 Å². The van der Waals surface area contributed by atoms with Crippen molar-refractivity contribution in [1.29, 1.82) is 0 Å². The Morgan fingerprint density at radius 1 is 1.22 bits per heavy atom. The van der Waals surface area contributed by atoms with E-state index < -0.39 is 17.6 Å². The molecule has 0 spiro atoms. The second-order valence-corrected chi connectivity index (χ2v) is 7.51. The smallest absolute Gasteiger partial charge is 0.410 e. The summed E-state index contributed by atoms with van der Waals surface area (Å²) in [4.78, 5) is 26.6. The fraction of sp³-hybridized carbons (Fsp3) is 0.421. The number of fused-ring (bicyclic) bond motifs is 1. The number of carbonyl (C=O) groups excluding carboxylic acids is 2. The maximum Gasteiger partial charge on any atom is 0.410 e. The number of nitrogens with one attached hydrogen (secondary N) is 1. The monoisotopic (exact) mass is 374 g/mol. The van der Waals surface area contributed by atoms with Crippen molar-refractivity contribution in [1.82, 2.24) is 14.7 Å². The molecule has 1 aliphatic heterocycles. The quantitative estimate of drug-likeness (QED) is 0.876. The molecule has 2 amide bonds. The molecule has 3 rings (SSSR count). The van der Waals surface area contributed by atoms with Crippen LogP contribution in [0.2, 0.25) is 0 Å². The Balaban J connectivity index is 1.80. The second kappa shape index (κ2) is 7.02. The van der Waals surface area contributed by atoms with Crippen LogP contribution >= 0.6 is 0 Å². The normalized spacial score (nSPS) is 13.9. The largest absolute Gasteiger partial charge is 0.444 e. The molecular formula is C19H23FN4O3. The number of anilines is 1. The molecule has 2 aromatic rings. The lowest BCUT2D eigenvalue weighted by atomic mass is 10.0. The third-order valence-corrected chi connectivity index (χ3v) is 4.21. The Bertz CT molecular complexity index is 868. The van der Waals surface area contributed by atoms with Gasteiger partial charge >= 0.3 is 6.09 Å². The highest BCUT2D eigenvalue weighted by Crippen LogP contribution is 2.24. The van der Waals surface area contributed by atoms with Crippen LogP contribution in [-0.4, -0.2) is 38.8 Å². The molecule has 0 aliphatic carbocycles. The number of benzene rings is 1. The van der Waals surface area contributed by atoms with Crippen LogP contribution in [0, 0.1) is 5.82 Å². The standard InChI is InChI=1S/C19H23FN4O3/c1-19(2,3)27-18(26)24-10-9-15-14(11-24)16(22-23(15)4)17(25)21-13-7-5-12(20)6-8-13/h5-8H,9-11H2,1-4H3,(H,21,25). The number of ether oxygens (including phenoxy) is 1. The molecule has 0 saturated carbocycles. The van der Waals surface area contributed by atoms with Crippen LogP contribution in [0.1, 0.15) is 42.5 Å². The van der Waals surface area contributed by atoms with Crippen molar-refractivity contribution >= 4 is 17.7 Å². The predicted octanol–water partition coefficient (Wildman–Crippen LogP) is 3.10. The molecule has 0 unspecified atom stereocenters. The number of aromatic nitrogens is 2. The highest BCUT2D eigenvalue weighted by atomic mass is 19.1. The van der Waals surface area contributed by atoms with Crippen LogP contribution in [-0.2, 0) is 24.8 Å². The molecule has 0 radical (unpaired) electrons. The van der Waals surface area contributed by atoms with Crippen molar-refractivity contribution < 1.29 is 18.7 Å². The Morgan fingerprint density at radius 3 is 2.52 bits per heavy atom. The van der Waals surface area contributed by atoms with E-state index >= 15 is 0 Å². The SMILES string of the molecule is Cn1nc(C(=O)Nc2ccc(F)cc2)c2c1CCN(C(=O)OC(C)(C)C)C2. The van der Waals surface area contributed by atoms with Gasteiger partial charge in [-0.3, -0.25) is 9.48 Å². The first-order valence-corrected chi connectivity index (χ1v) is 8.73. The zero-order valence-electron chi connectivity index (χ0n) is 15.9. The minimum absolute atomic E-state index is 0.254. The number of amides is 2. The van der Waals surface area contributed by atoms with E-state index in [1.165, 1.54) is 24.3 Å². The number of nitrogens with zero attached hydrogens (tertiary/aromatic N) is 3. The second-order valence-electron chi connectivity index (χ2n) is 7.51. The summed E-state index contributed by atoms with van der Waals surface area (Å²) in [7, 11) is 1.77. The van der Waals surface area contributed by atoms with Gasteiger partial charge in [0, 0.05) is 37.0 Å². The van der Waals surface area contributed by atoms with Crippen molar-refractivity contribution in [2.45, 2.75) is 39.3 Å². The van der Waals surface area contributed by atoms with E-state index in [-0.39, 0.29) is 18.1 Å².